The summed E-state index contributed by atoms with van der Waals surface area (Å²) in [6.45, 7) is 6.48. The summed E-state index contributed by atoms with van der Waals surface area (Å²) >= 11 is 1.59. The molecule has 114 valence electrons. The molecule has 21 heavy (non-hydrogen) atoms. The Morgan fingerprint density at radius 1 is 1.38 bits per heavy atom. The first-order valence-electron chi connectivity index (χ1n) is 6.94. The summed E-state index contributed by atoms with van der Waals surface area (Å²) in [6.07, 6.45) is -0.657. The highest BCUT2D eigenvalue weighted by Gasteiger charge is 2.41. The van der Waals surface area contributed by atoms with Crippen LogP contribution in [0.1, 0.15) is 25.5 Å². The first kappa shape index (κ1) is 14.6. The number of ether oxygens (including phenoxy) is 1. The molecule has 0 radical (unpaired) electrons. The van der Waals surface area contributed by atoms with Crippen molar-refractivity contribution in [3.05, 3.63) is 22.6 Å². The monoisotopic (exact) mass is 311 g/mol. The molecule has 1 unspecified atom stereocenters. The molecule has 1 fully saturated rings. The molecule has 0 spiro atoms. The van der Waals surface area contributed by atoms with Crippen LogP contribution in [-0.2, 0) is 4.74 Å². The van der Waals surface area contributed by atoms with E-state index < -0.39 is 6.10 Å². The Kier molecular flexibility index (Phi) is 3.59. The number of aliphatic hydroxyl groups is 1. The van der Waals surface area contributed by atoms with E-state index in [0.717, 1.165) is 4.90 Å². The number of anilines is 1. The highest BCUT2D eigenvalue weighted by Crippen LogP contribution is 2.54. The Morgan fingerprint density at radius 3 is 2.67 bits per heavy atom. The molecule has 0 saturated carbocycles. The molecule has 1 aromatic carbocycles. The normalized spacial score (nSPS) is 24.0. The second-order valence-corrected chi connectivity index (χ2v) is 7.56. The van der Waals surface area contributed by atoms with Crippen LogP contribution in [0, 0.1) is 4.91 Å². The van der Waals surface area contributed by atoms with E-state index in [1.807, 2.05) is 24.8 Å². The lowest BCUT2D eigenvalue weighted by atomic mass is 9.98. The van der Waals surface area contributed by atoms with Gasteiger partial charge in [-0.3, -0.25) is 0 Å². The third-order valence-corrected chi connectivity index (χ3v) is 5.31. The molecule has 1 atom stereocenters. The van der Waals surface area contributed by atoms with E-state index in [9.17, 15) is 15.2 Å². The number of morpholine rings is 1. The molecule has 0 amide bonds. The molecule has 2 N–H and O–H groups in total. The summed E-state index contributed by atoms with van der Waals surface area (Å²) in [7, 11) is 0. The van der Waals surface area contributed by atoms with Crippen LogP contribution in [0.2, 0.25) is 0 Å². The standard InChI is InChI=1S/C14H19N2O4S/c1-14(2)13(17)9-7-11(16(18)19)10(8-12(9)21-14)15-3-5-20-6-4-15/h7-8,13,17H,3-6H2,1-2H3,(H,18,19)/q+1. The maximum absolute atomic E-state index is 11.5. The van der Waals surface area contributed by atoms with Crippen molar-refractivity contribution in [2.75, 3.05) is 31.2 Å². The molecule has 2 heterocycles. The number of fused-ring (bicyclic) bond motifs is 1. The number of thioether (sulfide) groups is 1. The number of rotatable bonds is 2. The van der Waals surface area contributed by atoms with E-state index in [0.29, 0.717) is 37.6 Å². The predicted octanol–water partition coefficient (Wildman–Crippen LogP) is 2.24. The van der Waals surface area contributed by atoms with Gasteiger partial charge in [0.1, 0.15) is 5.69 Å². The fourth-order valence-corrected chi connectivity index (χ4v) is 4.06. The lowest BCUT2D eigenvalue weighted by Crippen LogP contribution is -2.36. The number of hydrogen-bond donors (Lipinski definition) is 2. The van der Waals surface area contributed by atoms with E-state index in [2.05, 4.69) is 0 Å². The second kappa shape index (κ2) is 5.15. The van der Waals surface area contributed by atoms with E-state index in [1.54, 1.807) is 17.8 Å². The van der Waals surface area contributed by atoms with Gasteiger partial charge >= 0.3 is 5.69 Å². The van der Waals surface area contributed by atoms with Gasteiger partial charge in [-0.25, -0.2) is 5.21 Å². The van der Waals surface area contributed by atoms with Crippen LogP contribution in [-0.4, -0.2) is 46.3 Å². The summed E-state index contributed by atoms with van der Waals surface area (Å²) in [5, 5.41) is 19.8. The highest BCUT2D eigenvalue weighted by atomic mass is 32.2. The number of hydrogen-bond acceptors (Lipinski definition) is 5. The van der Waals surface area contributed by atoms with Crippen molar-refractivity contribution >= 4 is 23.1 Å². The van der Waals surface area contributed by atoms with Crippen LogP contribution in [0.25, 0.3) is 0 Å². The van der Waals surface area contributed by atoms with Crippen LogP contribution in [0.15, 0.2) is 17.0 Å². The zero-order valence-electron chi connectivity index (χ0n) is 12.1. The quantitative estimate of drug-likeness (QED) is 0.816. The van der Waals surface area contributed by atoms with Gasteiger partial charge in [-0.15, -0.1) is 11.8 Å². The maximum Gasteiger partial charge on any atom is 0.340 e. The number of nitrogens with zero attached hydrogens (tertiary/aromatic N) is 2. The molecule has 0 aliphatic carbocycles. The third-order valence-electron chi connectivity index (χ3n) is 3.99. The van der Waals surface area contributed by atoms with Crippen molar-refractivity contribution in [2.45, 2.75) is 29.6 Å². The molecule has 6 nitrogen and oxygen atoms in total. The van der Waals surface area contributed by atoms with E-state index in [4.69, 9.17) is 4.74 Å². The van der Waals surface area contributed by atoms with Gasteiger partial charge in [0.15, 0.2) is 0 Å². The zero-order chi connectivity index (χ0) is 15.2. The van der Waals surface area contributed by atoms with Crippen LogP contribution in [0.4, 0.5) is 11.4 Å². The minimum absolute atomic E-state index is 0.117. The van der Waals surface area contributed by atoms with E-state index in [1.165, 1.54) is 0 Å². The van der Waals surface area contributed by atoms with Crippen molar-refractivity contribution in [1.29, 1.82) is 0 Å². The fraction of sp³-hybridized carbons (Fsp3) is 0.571. The van der Waals surface area contributed by atoms with Crippen molar-refractivity contribution in [3.63, 3.8) is 0 Å². The smallest absolute Gasteiger partial charge is 0.340 e. The van der Waals surface area contributed by atoms with E-state index >= 15 is 0 Å². The summed E-state index contributed by atoms with van der Waals surface area (Å²) in [5.41, 5.74) is 1.56. The highest BCUT2D eigenvalue weighted by molar-refractivity contribution is 8.01. The first-order chi connectivity index (χ1) is 9.90. The van der Waals surface area contributed by atoms with Crippen molar-refractivity contribution < 1.29 is 20.0 Å². The predicted molar refractivity (Wildman–Crippen MR) is 79.4 cm³/mol. The summed E-state index contributed by atoms with van der Waals surface area (Å²) in [5.74, 6) is 0. The average molecular weight is 311 g/mol. The Labute approximate surface area is 127 Å². The number of aliphatic hydroxyl groups excluding tert-OH is 1. The SMILES string of the molecule is CC1(C)Sc2cc(N3CCOCC3)c([N+](=O)O)cc2C1O. The Balaban J connectivity index is 2.07. The molecule has 1 aromatic rings. The lowest BCUT2D eigenvalue weighted by molar-refractivity contribution is -0.729. The van der Waals surface area contributed by atoms with Crippen LogP contribution in [0.5, 0.6) is 0 Å². The maximum atomic E-state index is 11.5. The van der Waals surface area contributed by atoms with E-state index in [-0.39, 0.29) is 15.4 Å². The van der Waals surface area contributed by atoms with Crippen LogP contribution in [0.3, 0.4) is 0 Å². The summed E-state index contributed by atoms with van der Waals surface area (Å²) in [4.78, 5) is 14.4. The Morgan fingerprint density at radius 2 is 2.05 bits per heavy atom. The molecular formula is C14H19N2O4S+. The van der Waals surface area contributed by atoms with Crippen molar-refractivity contribution in [1.82, 2.24) is 0 Å². The van der Waals surface area contributed by atoms with Crippen molar-refractivity contribution in [2.24, 2.45) is 0 Å². The molecule has 1 saturated heterocycles. The number of benzene rings is 1. The van der Waals surface area contributed by atoms with Crippen LogP contribution < -0.4 is 4.90 Å². The van der Waals surface area contributed by atoms with Gasteiger partial charge in [0, 0.05) is 34.4 Å². The molecule has 2 aliphatic rings. The van der Waals surface area contributed by atoms with Gasteiger partial charge < -0.3 is 14.7 Å². The zero-order valence-corrected chi connectivity index (χ0v) is 12.9. The van der Waals surface area contributed by atoms with Gasteiger partial charge in [0.05, 0.1) is 24.2 Å². The van der Waals surface area contributed by atoms with Gasteiger partial charge in [-0.2, -0.15) is 0 Å². The van der Waals surface area contributed by atoms with Gasteiger partial charge in [-0.05, 0) is 19.9 Å². The van der Waals surface area contributed by atoms with Crippen LogP contribution >= 0.6 is 11.8 Å². The lowest BCUT2D eigenvalue weighted by Gasteiger charge is -2.28. The summed E-state index contributed by atoms with van der Waals surface area (Å²) in [6, 6.07) is 3.49. The van der Waals surface area contributed by atoms with Gasteiger partial charge in [0.2, 0.25) is 0 Å². The fourth-order valence-electron chi connectivity index (χ4n) is 2.80. The molecule has 0 bridgehead atoms. The molecule has 7 heteroatoms. The third kappa shape index (κ3) is 2.49. The molecule has 0 aromatic heterocycles. The molecule has 3 rings (SSSR count). The molecule has 2 aliphatic heterocycles. The van der Waals surface area contributed by atoms with Gasteiger partial charge in [-0.1, -0.05) is 0 Å². The summed E-state index contributed by atoms with van der Waals surface area (Å²) < 4.78 is 4.98. The minimum atomic E-state index is -0.657. The largest absolute Gasteiger partial charge is 0.387 e. The Hall–Kier alpha value is -1.31. The van der Waals surface area contributed by atoms with Crippen molar-refractivity contribution in [3.8, 4) is 0 Å². The topological polar surface area (TPSA) is 73.0 Å². The minimum Gasteiger partial charge on any atom is -0.387 e. The molecular weight excluding hydrogens is 292 g/mol. The first-order valence-corrected chi connectivity index (χ1v) is 7.75. The van der Waals surface area contributed by atoms with Gasteiger partial charge in [0.25, 0.3) is 4.92 Å². The second-order valence-electron chi connectivity index (χ2n) is 5.86. The average Bonchev–Trinajstić information content (AvgIpc) is 2.68. The Bertz CT molecular complexity index is 585.